The van der Waals surface area contributed by atoms with Gasteiger partial charge in [-0.25, -0.2) is 4.39 Å². The van der Waals surface area contributed by atoms with Crippen LogP contribution >= 0.6 is 0 Å². The molecule has 0 aliphatic rings. The van der Waals surface area contributed by atoms with Crippen molar-refractivity contribution in [3.8, 4) is 0 Å². The number of ether oxygens (including phenoxy) is 1. The van der Waals surface area contributed by atoms with E-state index in [0.717, 1.165) is 16.5 Å². The van der Waals surface area contributed by atoms with Gasteiger partial charge in [-0.1, -0.05) is 6.07 Å². The maximum Gasteiger partial charge on any atom is 0.305 e. The molecule has 0 unspecified atom stereocenters. The second-order valence-electron chi connectivity index (χ2n) is 4.73. The predicted molar refractivity (Wildman–Crippen MR) is 79.3 cm³/mol. The molecule has 0 fully saturated rings. The summed E-state index contributed by atoms with van der Waals surface area (Å²) in [5.74, 6) is -0.448. The van der Waals surface area contributed by atoms with Gasteiger partial charge >= 0.3 is 5.97 Å². The van der Waals surface area contributed by atoms with E-state index in [9.17, 15) is 9.18 Å². The molecule has 0 atom stereocenters. The van der Waals surface area contributed by atoms with E-state index in [4.69, 9.17) is 4.74 Å². The second kappa shape index (κ2) is 7.69. The van der Waals surface area contributed by atoms with Crippen LogP contribution in [0.4, 0.5) is 4.39 Å². The summed E-state index contributed by atoms with van der Waals surface area (Å²) in [5.41, 5.74) is 1.62. The summed E-state index contributed by atoms with van der Waals surface area (Å²) < 4.78 is 18.4. The number of benzene rings is 1. The molecule has 2 aromatic rings. The highest BCUT2D eigenvalue weighted by Gasteiger charge is 2.05. The number of hydrogen-bond donors (Lipinski definition) is 1. The fourth-order valence-corrected chi connectivity index (χ4v) is 2.18. The van der Waals surface area contributed by atoms with E-state index >= 15 is 0 Å². The largest absolute Gasteiger partial charge is 0.466 e. The number of aromatic nitrogens is 1. The highest BCUT2D eigenvalue weighted by molar-refractivity contribution is 5.81. The average molecular weight is 290 g/mol. The zero-order valence-corrected chi connectivity index (χ0v) is 12.1. The van der Waals surface area contributed by atoms with Crippen LogP contribution in [0, 0.1) is 5.82 Å². The summed E-state index contributed by atoms with van der Waals surface area (Å²) in [6.07, 6.45) is 2.78. The molecular weight excluding hydrogens is 271 g/mol. The molecule has 4 nitrogen and oxygen atoms in total. The van der Waals surface area contributed by atoms with Gasteiger partial charge in [0, 0.05) is 24.5 Å². The minimum absolute atomic E-state index is 0.183. The maximum atomic E-state index is 13.5. The number of carbonyl (C=O) groups excluding carboxylic acids is 1. The Morgan fingerprint density at radius 3 is 3.10 bits per heavy atom. The molecule has 0 bridgehead atoms. The summed E-state index contributed by atoms with van der Waals surface area (Å²) in [7, 11) is 0. The van der Waals surface area contributed by atoms with E-state index in [1.807, 2.05) is 6.07 Å². The zero-order chi connectivity index (χ0) is 15.1. The van der Waals surface area contributed by atoms with Crippen LogP contribution < -0.4 is 5.32 Å². The highest BCUT2D eigenvalue weighted by atomic mass is 19.1. The Morgan fingerprint density at radius 2 is 2.29 bits per heavy atom. The van der Waals surface area contributed by atoms with Gasteiger partial charge in [0.25, 0.3) is 0 Å². The minimum atomic E-state index is -0.265. The number of halogens is 1. The van der Waals surface area contributed by atoms with Gasteiger partial charge in [0.1, 0.15) is 5.82 Å². The van der Waals surface area contributed by atoms with E-state index < -0.39 is 0 Å². The first kappa shape index (κ1) is 15.4. The summed E-state index contributed by atoms with van der Waals surface area (Å²) >= 11 is 0. The molecule has 0 spiro atoms. The summed E-state index contributed by atoms with van der Waals surface area (Å²) in [6, 6.07) is 6.61. The van der Waals surface area contributed by atoms with Crippen molar-refractivity contribution in [2.45, 2.75) is 26.3 Å². The molecule has 2 rings (SSSR count). The van der Waals surface area contributed by atoms with Crippen molar-refractivity contribution in [1.29, 1.82) is 0 Å². The fourth-order valence-electron chi connectivity index (χ4n) is 2.18. The number of fused-ring (bicyclic) bond motifs is 1. The third-order valence-electron chi connectivity index (χ3n) is 3.10. The molecule has 1 N–H and O–H groups in total. The number of hydrogen-bond acceptors (Lipinski definition) is 4. The Morgan fingerprint density at radius 1 is 1.43 bits per heavy atom. The molecule has 0 radical (unpaired) electrons. The lowest BCUT2D eigenvalue weighted by Gasteiger charge is -2.08. The van der Waals surface area contributed by atoms with Gasteiger partial charge in [0.05, 0.1) is 12.1 Å². The summed E-state index contributed by atoms with van der Waals surface area (Å²) in [5, 5.41) is 4.00. The Bertz CT molecular complexity index is 616. The summed E-state index contributed by atoms with van der Waals surface area (Å²) in [6.45, 7) is 3.39. The number of esters is 1. The van der Waals surface area contributed by atoms with Crippen molar-refractivity contribution in [2.24, 2.45) is 0 Å². The molecule has 0 amide bonds. The maximum absolute atomic E-state index is 13.5. The lowest BCUT2D eigenvalue weighted by molar-refractivity contribution is -0.143. The molecule has 5 heteroatoms. The van der Waals surface area contributed by atoms with Gasteiger partial charge in [-0.15, -0.1) is 0 Å². The molecule has 0 aliphatic carbocycles. The second-order valence-corrected chi connectivity index (χ2v) is 4.73. The Labute approximate surface area is 123 Å². The molecule has 0 aliphatic heterocycles. The van der Waals surface area contributed by atoms with Crippen molar-refractivity contribution in [3.05, 3.63) is 41.8 Å². The van der Waals surface area contributed by atoms with E-state index in [2.05, 4.69) is 10.3 Å². The Balaban J connectivity index is 1.87. The van der Waals surface area contributed by atoms with Gasteiger partial charge in [-0.05, 0) is 43.7 Å². The fraction of sp³-hybridized carbons (Fsp3) is 0.375. The number of nitrogens with one attached hydrogen (secondary N) is 1. The molecule has 21 heavy (non-hydrogen) atoms. The monoisotopic (exact) mass is 290 g/mol. The number of carbonyl (C=O) groups is 1. The lowest BCUT2D eigenvalue weighted by atomic mass is 10.1. The van der Waals surface area contributed by atoms with E-state index in [0.29, 0.717) is 32.5 Å². The molecule has 1 heterocycles. The van der Waals surface area contributed by atoms with Crippen LogP contribution in [-0.4, -0.2) is 24.1 Å². The van der Waals surface area contributed by atoms with E-state index in [1.54, 1.807) is 19.2 Å². The zero-order valence-electron chi connectivity index (χ0n) is 12.1. The van der Waals surface area contributed by atoms with Gasteiger partial charge in [-0.3, -0.25) is 9.78 Å². The molecular formula is C16H19FN2O2. The molecule has 112 valence electrons. The third-order valence-corrected chi connectivity index (χ3v) is 3.10. The summed E-state index contributed by atoms with van der Waals surface area (Å²) in [4.78, 5) is 15.5. The van der Waals surface area contributed by atoms with Crippen molar-refractivity contribution in [2.75, 3.05) is 13.2 Å². The van der Waals surface area contributed by atoms with Crippen LogP contribution in [0.5, 0.6) is 0 Å². The average Bonchev–Trinajstić information content (AvgIpc) is 2.47. The van der Waals surface area contributed by atoms with Crippen LogP contribution in [0.15, 0.2) is 30.5 Å². The Kier molecular flexibility index (Phi) is 5.63. The third kappa shape index (κ3) is 4.49. The number of pyridine rings is 1. The quantitative estimate of drug-likeness (QED) is 0.629. The minimum Gasteiger partial charge on any atom is -0.466 e. The Hall–Kier alpha value is -2.01. The normalized spacial score (nSPS) is 10.8. The van der Waals surface area contributed by atoms with Crippen LogP contribution in [0.2, 0.25) is 0 Å². The predicted octanol–water partition coefficient (Wildman–Crippen LogP) is 2.81. The van der Waals surface area contributed by atoms with Crippen LogP contribution in [-0.2, 0) is 16.1 Å². The van der Waals surface area contributed by atoms with E-state index in [1.165, 1.54) is 12.1 Å². The first-order valence-corrected chi connectivity index (χ1v) is 7.10. The van der Waals surface area contributed by atoms with Crippen molar-refractivity contribution in [3.63, 3.8) is 0 Å². The first-order valence-electron chi connectivity index (χ1n) is 7.10. The van der Waals surface area contributed by atoms with Crippen LogP contribution in [0.25, 0.3) is 10.9 Å². The van der Waals surface area contributed by atoms with Gasteiger partial charge in [0.2, 0.25) is 0 Å². The van der Waals surface area contributed by atoms with Crippen molar-refractivity contribution < 1.29 is 13.9 Å². The van der Waals surface area contributed by atoms with Crippen LogP contribution in [0.1, 0.15) is 25.3 Å². The molecule has 0 saturated heterocycles. The molecule has 1 aromatic heterocycles. The van der Waals surface area contributed by atoms with Crippen LogP contribution in [0.3, 0.4) is 0 Å². The van der Waals surface area contributed by atoms with Crippen molar-refractivity contribution in [1.82, 2.24) is 10.3 Å². The molecule has 1 aromatic carbocycles. The van der Waals surface area contributed by atoms with E-state index in [-0.39, 0.29) is 11.8 Å². The standard InChI is InChI=1S/C16H19FN2O2/c1-2-21-15(20)6-4-7-18-11-13-10-14(17)9-12-5-3-8-19-16(12)13/h3,5,8-10,18H,2,4,6-7,11H2,1H3. The smallest absolute Gasteiger partial charge is 0.305 e. The number of nitrogens with zero attached hydrogens (tertiary/aromatic N) is 1. The van der Waals surface area contributed by atoms with Gasteiger partial charge in [-0.2, -0.15) is 0 Å². The highest BCUT2D eigenvalue weighted by Crippen LogP contribution is 2.18. The SMILES string of the molecule is CCOC(=O)CCCNCc1cc(F)cc2cccnc12. The number of rotatable bonds is 7. The molecule has 0 saturated carbocycles. The van der Waals surface area contributed by atoms with Crippen molar-refractivity contribution >= 4 is 16.9 Å². The first-order chi connectivity index (χ1) is 10.2. The van der Waals surface area contributed by atoms with Gasteiger partial charge < -0.3 is 10.1 Å². The van der Waals surface area contributed by atoms with Gasteiger partial charge in [0.15, 0.2) is 0 Å². The lowest BCUT2D eigenvalue weighted by Crippen LogP contribution is -2.17. The topological polar surface area (TPSA) is 51.2 Å².